The van der Waals surface area contributed by atoms with Crippen LogP contribution in [-0.4, -0.2) is 11.9 Å². The van der Waals surface area contributed by atoms with E-state index < -0.39 is 0 Å². The highest BCUT2D eigenvalue weighted by Crippen LogP contribution is 2.21. The number of carbonyl (C=O) groups excluding carboxylic acids is 1. The number of hydrogen-bond acceptors (Lipinski definition) is 3. The maximum absolute atomic E-state index is 12.6. The molecule has 2 aromatic carbocycles. The summed E-state index contributed by atoms with van der Waals surface area (Å²) in [6, 6.07) is 13.3. The molecule has 3 rings (SSSR count). The van der Waals surface area contributed by atoms with Gasteiger partial charge in [-0.1, -0.05) is 24.3 Å². The molecule has 2 aromatic rings. The van der Waals surface area contributed by atoms with Crippen LogP contribution in [0.25, 0.3) is 0 Å². The lowest BCUT2D eigenvalue weighted by atomic mass is 9.99. The highest BCUT2D eigenvalue weighted by Gasteiger charge is 2.15. The molecule has 1 aliphatic rings. The first-order chi connectivity index (χ1) is 10.1. The Kier molecular flexibility index (Phi) is 3.76. The van der Waals surface area contributed by atoms with Gasteiger partial charge in [0.05, 0.1) is 6.10 Å². The number of nitrogens with one attached hydrogen (secondary N) is 1. The summed E-state index contributed by atoms with van der Waals surface area (Å²) in [6.45, 7) is 5.68. The second kappa shape index (κ2) is 5.70. The lowest BCUT2D eigenvalue weighted by Crippen LogP contribution is -2.07. The molecule has 0 saturated carbocycles. The van der Waals surface area contributed by atoms with Gasteiger partial charge in [-0.25, -0.2) is 0 Å². The van der Waals surface area contributed by atoms with Crippen LogP contribution in [0, 0.1) is 0 Å². The van der Waals surface area contributed by atoms with Crippen LogP contribution >= 0.6 is 0 Å². The molecule has 1 aliphatic heterocycles. The minimum absolute atomic E-state index is 0.0407. The van der Waals surface area contributed by atoms with Gasteiger partial charge in [-0.3, -0.25) is 4.79 Å². The molecule has 0 saturated heterocycles. The van der Waals surface area contributed by atoms with Gasteiger partial charge >= 0.3 is 0 Å². The van der Waals surface area contributed by atoms with Crippen molar-refractivity contribution in [2.45, 2.75) is 33.0 Å². The minimum Gasteiger partial charge on any atom is -0.491 e. The first-order valence-corrected chi connectivity index (χ1v) is 7.27. The summed E-state index contributed by atoms with van der Waals surface area (Å²) < 4.78 is 5.65. The van der Waals surface area contributed by atoms with Crippen LogP contribution in [0.4, 0.5) is 0 Å². The fourth-order valence-corrected chi connectivity index (χ4v) is 2.59. The zero-order chi connectivity index (χ0) is 14.8. The normalized spacial score (nSPS) is 13.3. The fraction of sp³-hybridized carbons (Fsp3) is 0.278. The predicted molar refractivity (Wildman–Crippen MR) is 82.6 cm³/mol. The van der Waals surface area contributed by atoms with E-state index in [0.29, 0.717) is 5.56 Å². The molecule has 0 radical (unpaired) electrons. The Morgan fingerprint density at radius 3 is 2.62 bits per heavy atom. The summed E-state index contributed by atoms with van der Waals surface area (Å²) in [6.07, 6.45) is 0.0985. The van der Waals surface area contributed by atoms with Gasteiger partial charge in [0.1, 0.15) is 5.75 Å². The van der Waals surface area contributed by atoms with Crippen LogP contribution in [-0.2, 0) is 13.1 Å². The Hall–Kier alpha value is -2.13. The van der Waals surface area contributed by atoms with E-state index in [-0.39, 0.29) is 11.9 Å². The van der Waals surface area contributed by atoms with E-state index >= 15 is 0 Å². The first kappa shape index (κ1) is 13.8. The smallest absolute Gasteiger partial charge is 0.193 e. The Morgan fingerprint density at radius 1 is 1.05 bits per heavy atom. The molecule has 0 aromatic heterocycles. The minimum atomic E-state index is 0.0407. The largest absolute Gasteiger partial charge is 0.491 e. The number of ether oxygens (including phenoxy) is 1. The predicted octanol–water partition coefficient (Wildman–Crippen LogP) is 3.31. The SMILES string of the molecule is CC(C)Oc1cccc(C(=O)c2ccc3c(c2)CNC3)c1. The molecule has 0 amide bonds. The standard InChI is InChI=1S/C18H19NO2/c1-12(2)21-17-5-3-4-13(9-17)18(20)14-6-7-15-10-19-11-16(15)8-14/h3-9,12,19H,10-11H2,1-2H3. The zero-order valence-electron chi connectivity index (χ0n) is 12.3. The number of fused-ring (bicyclic) bond motifs is 1. The van der Waals surface area contributed by atoms with Crippen molar-refractivity contribution in [1.82, 2.24) is 5.32 Å². The van der Waals surface area contributed by atoms with Crippen LogP contribution in [0.15, 0.2) is 42.5 Å². The summed E-state index contributed by atoms with van der Waals surface area (Å²) in [5.41, 5.74) is 3.90. The molecule has 3 nitrogen and oxygen atoms in total. The van der Waals surface area contributed by atoms with E-state index in [9.17, 15) is 4.79 Å². The molecule has 3 heteroatoms. The van der Waals surface area contributed by atoms with E-state index in [1.165, 1.54) is 11.1 Å². The van der Waals surface area contributed by atoms with Crippen molar-refractivity contribution in [2.75, 3.05) is 0 Å². The van der Waals surface area contributed by atoms with Crippen molar-refractivity contribution in [3.05, 3.63) is 64.7 Å². The number of rotatable bonds is 4. The molecule has 0 fully saturated rings. The Bertz CT molecular complexity index is 677. The van der Waals surface area contributed by atoms with Crippen molar-refractivity contribution in [3.8, 4) is 5.75 Å². The average molecular weight is 281 g/mol. The Balaban J connectivity index is 1.88. The molecule has 0 aliphatic carbocycles. The number of hydrogen-bond donors (Lipinski definition) is 1. The summed E-state index contributed by atoms with van der Waals surface area (Å²) in [5.74, 6) is 0.776. The highest BCUT2D eigenvalue weighted by molar-refractivity contribution is 6.09. The van der Waals surface area contributed by atoms with Gasteiger partial charge in [0.25, 0.3) is 0 Å². The lowest BCUT2D eigenvalue weighted by Gasteiger charge is -2.11. The van der Waals surface area contributed by atoms with Crippen LogP contribution in [0.5, 0.6) is 5.75 Å². The van der Waals surface area contributed by atoms with Crippen LogP contribution in [0.3, 0.4) is 0 Å². The Morgan fingerprint density at radius 2 is 1.81 bits per heavy atom. The van der Waals surface area contributed by atoms with Crippen molar-refractivity contribution in [3.63, 3.8) is 0 Å². The fourth-order valence-electron chi connectivity index (χ4n) is 2.59. The van der Waals surface area contributed by atoms with Gasteiger partial charge in [0.15, 0.2) is 5.78 Å². The zero-order valence-corrected chi connectivity index (χ0v) is 12.3. The maximum atomic E-state index is 12.6. The van der Waals surface area contributed by atoms with Crippen molar-refractivity contribution >= 4 is 5.78 Å². The molecule has 0 atom stereocenters. The van der Waals surface area contributed by atoms with Crippen molar-refractivity contribution < 1.29 is 9.53 Å². The lowest BCUT2D eigenvalue weighted by molar-refractivity contribution is 0.103. The molecule has 0 bridgehead atoms. The molecule has 0 unspecified atom stereocenters. The molecular formula is C18H19NO2. The van der Waals surface area contributed by atoms with E-state index in [0.717, 1.165) is 24.4 Å². The molecule has 108 valence electrons. The number of carbonyl (C=O) groups is 1. The third kappa shape index (κ3) is 2.98. The first-order valence-electron chi connectivity index (χ1n) is 7.27. The topological polar surface area (TPSA) is 38.3 Å². The third-order valence-corrected chi connectivity index (χ3v) is 3.57. The van der Waals surface area contributed by atoms with Crippen LogP contribution < -0.4 is 10.1 Å². The van der Waals surface area contributed by atoms with Crippen LogP contribution in [0.2, 0.25) is 0 Å². The van der Waals surface area contributed by atoms with Gasteiger partial charge in [-0.15, -0.1) is 0 Å². The quantitative estimate of drug-likeness (QED) is 0.874. The van der Waals surface area contributed by atoms with E-state index in [2.05, 4.69) is 5.32 Å². The number of ketones is 1. The van der Waals surface area contributed by atoms with Crippen LogP contribution in [0.1, 0.15) is 40.9 Å². The van der Waals surface area contributed by atoms with Gasteiger partial charge in [-0.05, 0) is 43.2 Å². The molecule has 1 N–H and O–H groups in total. The summed E-state index contributed by atoms with van der Waals surface area (Å²) >= 11 is 0. The second-order valence-corrected chi connectivity index (χ2v) is 5.61. The monoisotopic (exact) mass is 281 g/mol. The van der Waals surface area contributed by atoms with Gasteiger partial charge in [0, 0.05) is 24.2 Å². The van der Waals surface area contributed by atoms with E-state index in [1.54, 1.807) is 0 Å². The Labute approximate surface area is 124 Å². The van der Waals surface area contributed by atoms with E-state index in [1.807, 2.05) is 56.3 Å². The van der Waals surface area contributed by atoms with Gasteiger partial charge in [0.2, 0.25) is 0 Å². The summed E-state index contributed by atoms with van der Waals surface area (Å²) in [4.78, 5) is 12.6. The van der Waals surface area contributed by atoms with Gasteiger partial charge in [-0.2, -0.15) is 0 Å². The number of benzene rings is 2. The maximum Gasteiger partial charge on any atom is 0.193 e. The molecule has 0 spiro atoms. The molecular weight excluding hydrogens is 262 g/mol. The molecule has 1 heterocycles. The summed E-state index contributed by atoms with van der Waals surface area (Å²) in [7, 11) is 0. The van der Waals surface area contributed by atoms with Gasteiger partial charge < -0.3 is 10.1 Å². The van der Waals surface area contributed by atoms with Crippen molar-refractivity contribution in [2.24, 2.45) is 0 Å². The van der Waals surface area contributed by atoms with Crippen molar-refractivity contribution in [1.29, 1.82) is 0 Å². The third-order valence-electron chi connectivity index (χ3n) is 3.57. The van der Waals surface area contributed by atoms with E-state index in [4.69, 9.17) is 4.74 Å². The second-order valence-electron chi connectivity index (χ2n) is 5.61. The average Bonchev–Trinajstić information content (AvgIpc) is 2.93. The molecule has 21 heavy (non-hydrogen) atoms. The summed E-state index contributed by atoms with van der Waals surface area (Å²) in [5, 5.41) is 3.29. The highest BCUT2D eigenvalue weighted by atomic mass is 16.5.